The lowest BCUT2D eigenvalue weighted by Gasteiger charge is -2.17. The number of fused-ring (bicyclic) bond motifs is 1. The van der Waals surface area contributed by atoms with Gasteiger partial charge in [0.25, 0.3) is 11.7 Å². The Morgan fingerprint density at radius 3 is 2.47 bits per heavy atom. The van der Waals surface area contributed by atoms with Crippen LogP contribution in [0.5, 0.6) is 0 Å². The van der Waals surface area contributed by atoms with E-state index in [1.807, 2.05) is 26.0 Å². The third kappa shape index (κ3) is 1.76. The zero-order chi connectivity index (χ0) is 12.7. The van der Waals surface area contributed by atoms with Crippen LogP contribution in [0, 0.1) is 13.8 Å². The molecule has 0 fully saturated rings. The number of amides is 1. The third-order valence-electron chi connectivity index (χ3n) is 2.85. The summed E-state index contributed by atoms with van der Waals surface area (Å²) >= 11 is 5.73. The molecule has 1 aliphatic heterocycles. The Kier molecular flexibility index (Phi) is 2.79. The second-order valence-corrected chi connectivity index (χ2v) is 4.70. The van der Waals surface area contributed by atoms with Gasteiger partial charge in [0, 0.05) is 5.03 Å². The van der Waals surface area contributed by atoms with E-state index < -0.39 is 11.7 Å². The van der Waals surface area contributed by atoms with Gasteiger partial charge in [0.05, 0.1) is 17.8 Å². The van der Waals surface area contributed by atoms with E-state index in [-0.39, 0.29) is 6.54 Å². The first-order chi connectivity index (χ1) is 7.93. The average molecular weight is 250 g/mol. The monoisotopic (exact) mass is 249 g/mol. The molecule has 3 nitrogen and oxygen atoms in total. The molecule has 1 aromatic carbocycles. The molecule has 0 N–H and O–H groups in total. The van der Waals surface area contributed by atoms with Crippen LogP contribution >= 0.6 is 11.6 Å². The Bertz CT molecular complexity index is 549. The summed E-state index contributed by atoms with van der Waals surface area (Å²) in [6.45, 7) is 7.42. The summed E-state index contributed by atoms with van der Waals surface area (Å²) in [5.74, 6) is -0.988. The van der Waals surface area contributed by atoms with Gasteiger partial charge in [-0.1, -0.05) is 30.3 Å². The number of halogens is 1. The number of benzene rings is 1. The lowest BCUT2D eigenvalue weighted by Crippen LogP contribution is -2.31. The van der Waals surface area contributed by atoms with Crippen molar-refractivity contribution in [2.24, 2.45) is 0 Å². The molecule has 1 heterocycles. The zero-order valence-electron chi connectivity index (χ0n) is 9.71. The smallest absolute Gasteiger partial charge is 0.299 e. The maximum atomic E-state index is 11.9. The van der Waals surface area contributed by atoms with Crippen molar-refractivity contribution in [1.29, 1.82) is 0 Å². The largest absolute Gasteiger partial charge is 0.299 e. The van der Waals surface area contributed by atoms with Crippen LogP contribution in [0.15, 0.2) is 23.7 Å². The van der Waals surface area contributed by atoms with Crippen molar-refractivity contribution in [3.8, 4) is 0 Å². The molecule has 0 bridgehead atoms. The second kappa shape index (κ2) is 4.00. The standard InChI is InChI=1S/C13H12ClNO2/c1-7-4-5-8(2)11-10(7)12(16)13(17)15(11)6-9(3)14/h4-5H,3,6H2,1-2H3. The second-order valence-electron chi connectivity index (χ2n) is 4.16. The number of hydrogen-bond acceptors (Lipinski definition) is 2. The Balaban J connectivity index is 2.63. The minimum absolute atomic E-state index is 0.170. The molecule has 0 atom stereocenters. The van der Waals surface area contributed by atoms with Gasteiger partial charge in [-0.2, -0.15) is 0 Å². The van der Waals surface area contributed by atoms with Gasteiger partial charge in [0.1, 0.15) is 0 Å². The van der Waals surface area contributed by atoms with Crippen molar-refractivity contribution in [3.05, 3.63) is 40.4 Å². The fourth-order valence-electron chi connectivity index (χ4n) is 2.08. The van der Waals surface area contributed by atoms with Crippen LogP contribution in [0.1, 0.15) is 21.5 Å². The minimum Gasteiger partial charge on any atom is -0.299 e. The number of aryl methyl sites for hydroxylation is 2. The van der Waals surface area contributed by atoms with Crippen molar-refractivity contribution in [3.63, 3.8) is 0 Å². The first-order valence-electron chi connectivity index (χ1n) is 5.23. The van der Waals surface area contributed by atoms with Gasteiger partial charge in [-0.25, -0.2) is 0 Å². The molecule has 1 amide bonds. The number of anilines is 1. The Hall–Kier alpha value is -1.61. The molecule has 0 saturated carbocycles. The van der Waals surface area contributed by atoms with E-state index in [9.17, 15) is 9.59 Å². The molecular formula is C13H12ClNO2. The van der Waals surface area contributed by atoms with Gasteiger partial charge >= 0.3 is 0 Å². The molecular weight excluding hydrogens is 238 g/mol. The Morgan fingerprint density at radius 2 is 1.88 bits per heavy atom. The first kappa shape index (κ1) is 11.9. The molecule has 0 aromatic heterocycles. The highest BCUT2D eigenvalue weighted by molar-refractivity contribution is 6.53. The molecule has 0 aliphatic carbocycles. The Morgan fingerprint density at radius 1 is 1.29 bits per heavy atom. The fourth-order valence-corrected chi connectivity index (χ4v) is 2.20. The molecule has 4 heteroatoms. The minimum atomic E-state index is -0.529. The number of carbonyl (C=O) groups is 2. The van der Waals surface area contributed by atoms with Crippen LogP contribution < -0.4 is 4.90 Å². The van der Waals surface area contributed by atoms with Gasteiger partial charge in [-0.3, -0.25) is 14.5 Å². The summed E-state index contributed by atoms with van der Waals surface area (Å²) in [5.41, 5.74) is 2.86. The van der Waals surface area contributed by atoms with E-state index in [0.29, 0.717) is 16.3 Å². The van der Waals surface area contributed by atoms with Crippen molar-refractivity contribution in [2.75, 3.05) is 11.4 Å². The van der Waals surface area contributed by atoms with Gasteiger partial charge in [0.15, 0.2) is 0 Å². The molecule has 1 aliphatic rings. The SMILES string of the molecule is C=C(Cl)CN1C(=O)C(=O)c2c(C)ccc(C)c21. The van der Waals surface area contributed by atoms with Crippen molar-refractivity contribution in [2.45, 2.75) is 13.8 Å². The predicted molar refractivity (Wildman–Crippen MR) is 67.6 cm³/mol. The van der Waals surface area contributed by atoms with E-state index in [1.54, 1.807) is 0 Å². The summed E-state index contributed by atoms with van der Waals surface area (Å²) in [6, 6.07) is 3.74. The maximum Gasteiger partial charge on any atom is 0.299 e. The van der Waals surface area contributed by atoms with Crippen molar-refractivity contribution >= 4 is 29.0 Å². The highest BCUT2D eigenvalue weighted by Gasteiger charge is 2.37. The van der Waals surface area contributed by atoms with Gasteiger partial charge in [-0.15, -0.1) is 0 Å². The van der Waals surface area contributed by atoms with E-state index >= 15 is 0 Å². The molecule has 0 radical (unpaired) electrons. The van der Waals surface area contributed by atoms with E-state index in [0.717, 1.165) is 11.1 Å². The van der Waals surface area contributed by atoms with Crippen LogP contribution in [-0.4, -0.2) is 18.2 Å². The van der Waals surface area contributed by atoms with Crippen molar-refractivity contribution in [1.82, 2.24) is 0 Å². The predicted octanol–water partition coefficient (Wildman–Crippen LogP) is 2.59. The van der Waals surface area contributed by atoms with E-state index in [2.05, 4.69) is 6.58 Å². The number of Topliss-reactive ketones (excluding diaryl/α,β-unsaturated/α-hetero) is 1. The van der Waals surface area contributed by atoms with Gasteiger partial charge in [-0.05, 0) is 25.0 Å². The zero-order valence-corrected chi connectivity index (χ0v) is 10.5. The number of ketones is 1. The molecule has 2 rings (SSSR count). The number of carbonyl (C=O) groups excluding carboxylic acids is 2. The van der Waals surface area contributed by atoms with Gasteiger partial charge < -0.3 is 0 Å². The maximum absolute atomic E-state index is 11.9. The summed E-state index contributed by atoms with van der Waals surface area (Å²) in [6.07, 6.45) is 0. The summed E-state index contributed by atoms with van der Waals surface area (Å²) in [4.78, 5) is 25.2. The molecule has 1 aromatic rings. The average Bonchev–Trinajstić information content (AvgIpc) is 2.49. The topological polar surface area (TPSA) is 37.4 Å². The van der Waals surface area contributed by atoms with Crippen LogP contribution in [0.25, 0.3) is 0 Å². The lowest BCUT2D eigenvalue weighted by atomic mass is 10.0. The lowest BCUT2D eigenvalue weighted by molar-refractivity contribution is -0.114. The Labute approximate surface area is 105 Å². The number of nitrogens with zero attached hydrogens (tertiary/aromatic N) is 1. The normalized spacial score (nSPS) is 14.2. The van der Waals surface area contributed by atoms with E-state index in [1.165, 1.54) is 4.90 Å². The van der Waals surface area contributed by atoms with E-state index in [4.69, 9.17) is 11.6 Å². The molecule has 0 saturated heterocycles. The first-order valence-corrected chi connectivity index (χ1v) is 5.61. The molecule has 88 valence electrons. The van der Waals surface area contributed by atoms with Crippen molar-refractivity contribution < 1.29 is 9.59 Å². The number of rotatable bonds is 2. The van der Waals surface area contributed by atoms with Crippen LogP contribution in [0.4, 0.5) is 5.69 Å². The van der Waals surface area contributed by atoms with Crippen LogP contribution in [0.3, 0.4) is 0 Å². The van der Waals surface area contributed by atoms with Crippen LogP contribution in [-0.2, 0) is 4.79 Å². The number of hydrogen-bond donors (Lipinski definition) is 0. The fraction of sp³-hybridized carbons (Fsp3) is 0.231. The quantitative estimate of drug-likeness (QED) is 0.756. The third-order valence-corrected chi connectivity index (χ3v) is 2.97. The highest BCUT2D eigenvalue weighted by atomic mass is 35.5. The molecule has 0 spiro atoms. The summed E-state index contributed by atoms with van der Waals surface area (Å²) in [5, 5.41) is 0.333. The van der Waals surface area contributed by atoms with Gasteiger partial charge in [0.2, 0.25) is 0 Å². The molecule has 0 unspecified atom stereocenters. The summed E-state index contributed by atoms with van der Waals surface area (Å²) < 4.78 is 0. The molecule has 17 heavy (non-hydrogen) atoms. The van der Waals surface area contributed by atoms with Crippen LogP contribution in [0.2, 0.25) is 0 Å². The summed E-state index contributed by atoms with van der Waals surface area (Å²) in [7, 11) is 0. The highest BCUT2D eigenvalue weighted by Crippen LogP contribution is 2.35.